The van der Waals surface area contributed by atoms with E-state index in [2.05, 4.69) is 27.1 Å². The SMILES string of the molecule is CCNCC1CCCCN1c1ncnc2c1CCC2. The van der Waals surface area contributed by atoms with Crippen molar-refractivity contribution in [2.24, 2.45) is 0 Å². The first-order valence-electron chi connectivity index (χ1n) is 7.70. The molecule has 1 aromatic heterocycles. The molecule has 1 unspecified atom stereocenters. The lowest BCUT2D eigenvalue weighted by Crippen LogP contribution is -2.46. The van der Waals surface area contributed by atoms with Gasteiger partial charge in [-0.1, -0.05) is 6.92 Å². The quantitative estimate of drug-likeness (QED) is 0.898. The van der Waals surface area contributed by atoms with Gasteiger partial charge in [0.15, 0.2) is 0 Å². The van der Waals surface area contributed by atoms with Gasteiger partial charge in [0.25, 0.3) is 0 Å². The fraction of sp³-hybridized carbons (Fsp3) is 0.733. The summed E-state index contributed by atoms with van der Waals surface area (Å²) in [5.74, 6) is 1.23. The van der Waals surface area contributed by atoms with Crippen molar-refractivity contribution in [3.63, 3.8) is 0 Å². The molecule has 1 fully saturated rings. The largest absolute Gasteiger partial charge is 0.352 e. The summed E-state index contributed by atoms with van der Waals surface area (Å²) in [6, 6.07) is 0.605. The molecule has 19 heavy (non-hydrogen) atoms. The lowest BCUT2D eigenvalue weighted by molar-refractivity contribution is 0.435. The third-order valence-corrected chi connectivity index (χ3v) is 4.38. The van der Waals surface area contributed by atoms with E-state index in [4.69, 9.17) is 0 Å². The molecule has 104 valence electrons. The summed E-state index contributed by atoms with van der Waals surface area (Å²) >= 11 is 0. The molecule has 4 heteroatoms. The Balaban J connectivity index is 1.84. The number of nitrogens with one attached hydrogen (secondary N) is 1. The Bertz CT molecular complexity index is 432. The second-order valence-electron chi connectivity index (χ2n) is 5.63. The van der Waals surface area contributed by atoms with Crippen LogP contribution in [-0.4, -0.2) is 35.6 Å². The van der Waals surface area contributed by atoms with E-state index >= 15 is 0 Å². The highest BCUT2D eigenvalue weighted by atomic mass is 15.2. The van der Waals surface area contributed by atoms with E-state index in [1.165, 1.54) is 42.8 Å². The molecular weight excluding hydrogens is 236 g/mol. The molecule has 1 atom stereocenters. The average Bonchev–Trinajstić information content (AvgIpc) is 2.94. The molecule has 4 nitrogen and oxygen atoms in total. The number of nitrogens with zero attached hydrogens (tertiary/aromatic N) is 3. The zero-order valence-electron chi connectivity index (χ0n) is 11.9. The van der Waals surface area contributed by atoms with Crippen LogP contribution in [0.5, 0.6) is 0 Å². The van der Waals surface area contributed by atoms with Crippen LogP contribution < -0.4 is 10.2 Å². The van der Waals surface area contributed by atoms with Crippen molar-refractivity contribution in [2.45, 2.75) is 51.5 Å². The standard InChI is InChI=1S/C15H24N4/c1-2-16-10-12-6-3-4-9-19(12)15-13-7-5-8-14(13)17-11-18-15/h11-12,16H,2-10H2,1H3. The fourth-order valence-corrected chi connectivity index (χ4v) is 3.39. The smallest absolute Gasteiger partial charge is 0.135 e. The maximum atomic E-state index is 4.62. The van der Waals surface area contributed by atoms with Gasteiger partial charge >= 0.3 is 0 Å². The molecule has 1 aromatic rings. The van der Waals surface area contributed by atoms with Gasteiger partial charge in [0.1, 0.15) is 12.1 Å². The molecular formula is C15H24N4. The molecule has 0 amide bonds. The number of hydrogen-bond acceptors (Lipinski definition) is 4. The molecule has 0 aromatic carbocycles. The summed E-state index contributed by atoms with van der Waals surface area (Å²) in [7, 11) is 0. The van der Waals surface area contributed by atoms with E-state index in [9.17, 15) is 0 Å². The predicted molar refractivity (Wildman–Crippen MR) is 77.6 cm³/mol. The number of hydrogen-bond donors (Lipinski definition) is 1. The topological polar surface area (TPSA) is 41.0 Å². The van der Waals surface area contributed by atoms with Gasteiger partial charge in [-0.05, 0) is 45.1 Å². The second-order valence-corrected chi connectivity index (χ2v) is 5.63. The maximum absolute atomic E-state index is 4.62. The molecule has 1 N–H and O–H groups in total. The van der Waals surface area contributed by atoms with Crippen molar-refractivity contribution in [3.05, 3.63) is 17.6 Å². The van der Waals surface area contributed by atoms with Gasteiger partial charge in [0, 0.05) is 30.4 Å². The van der Waals surface area contributed by atoms with Crippen LogP contribution in [0.2, 0.25) is 0 Å². The van der Waals surface area contributed by atoms with Crippen molar-refractivity contribution in [1.29, 1.82) is 0 Å². The van der Waals surface area contributed by atoms with Crippen LogP contribution in [0.1, 0.15) is 43.9 Å². The molecule has 1 aliphatic heterocycles. The van der Waals surface area contributed by atoms with Crippen molar-refractivity contribution < 1.29 is 0 Å². The van der Waals surface area contributed by atoms with Crippen molar-refractivity contribution in [2.75, 3.05) is 24.5 Å². The third-order valence-electron chi connectivity index (χ3n) is 4.38. The van der Waals surface area contributed by atoms with Gasteiger partial charge in [0.05, 0.1) is 0 Å². The highest BCUT2D eigenvalue weighted by Gasteiger charge is 2.27. The van der Waals surface area contributed by atoms with E-state index < -0.39 is 0 Å². The normalized spacial score (nSPS) is 22.6. The number of likely N-dealkylation sites (N-methyl/N-ethyl adjacent to an activating group) is 1. The second kappa shape index (κ2) is 5.87. The highest BCUT2D eigenvalue weighted by molar-refractivity contribution is 5.51. The summed E-state index contributed by atoms with van der Waals surface area (Å²) in [5, 5.41) is 3.50. The number of anilines is 1. The Morgan fingerprint density at radius 3 is 3.11 bits per heavy atom. The van der Waals surface area contributed by atoms with Crippen LogP contribution in [-0.2, 0) is 12.8 Å². The van der Waals surface area contributed by atoms with Gasteiger partial charge in [-0.15, -0.1) is 0 Å². The van der Waals surface area contributed by atoms with Crippen LogP contribution in [0.3, 0.4) is 0 Å². The molecule has 2 heterocycles. The Labute approximate surface area is 115 Å². The van der Waals surface area contributed by atoms with E-state index in [0.717, 1.165) is 32.5 Å². The Morgan fingerprint density at radius 1 is 1.26 bits per heavy atom. The zero-order chi connectivity index (χ0) is 13.1. The Hall–Kier alpha value is -1.16. The van der Waals surface area contributed by atoms with E-state index in [1.54, 1.807) is 6.33 Å². The van der Waals surface area contributed by atoms with Crippen molar-refractivity contribution >= 4 is 5.82 Å². The minimum absolute atomic E-state index is 0.605. The molecule has 1 aliphatic carbocycles. The summed E-state index contributed by atoms with van der Waals surface area (Å²) in [5.41, 5.74) is 2.71. The van der Waals surface area contributed by atoms with Crippen LogP contribution in [0.4, 0.5) is 5.82 Å². The van der Waals surface area contributed by atoms with E-state index in [0.29, 0.717) is 6.04 Å². The number of aryl methyl sites for hydroxylation is 1. The van der Waals surface area contributed by atoms with Crippen LogP contribution in [0.15, 0.2) is 6.33 Å². The maximum Gasteiger partial charge on any atom is 0.135 e. The average molecular weight is 260 g/mol. The van der Waals surface area contributed by atoms with Gasteiger partial charge in [0.2, 0.25) is 0 Å². The predicted octanol–water partition coefficient (Wildman–Crippen LogP) is 1.93. The van der Waals surface area contributed by atoms with Crippen LogP contribution in [0, 0.1) is 0 Å². The first-order chi connectivity index (χ1) is 9.40. The Kier molecular flexibility index (Phi) is 3.97. The first kappa shape index (κ1) is 12.9. The number of piperidine rings is 1. The van der Waals surface area contributed by atoms with Crippen LogP contribution >= 0.6 is 0 Å². The third kappa shape index (κ3) is 2.59. The number of aromatic nitrogens is 2. The highest BCUT2D eigenvalue weighted by Crippen LogP contribution is 2.31. The lowest BCUT2D eigenvalue weighted by atomic mass is 10.0. The van der Waals surface area contributed by atoms with Gasteiger partial charge < -0.3 is 10.2 Å². The monoisotopic (exact) mass is 260 g/mol. The number of fused-ring (bicyclic) bond motifs is 1. The lowest BCUT2D eigenvalue weighted by Gasteiger charge is -2.37. The van der Waals surface area contributed by atoms with Crippen molar-refractivity contribution in [3.8, 4) is 0 Å². The summed E-state index contributed by atoms with van der Waals surface area (Å²) in [6.07, 6.45) is 9.23. The molecule has 2 aliphatic rings. The summed E-state index contributed by atoms with van der Waals surface area (Å²) in [4.78, 5) is 11.6. The Morgan fingerprint density at radius 2 is 2.21 bits per heavy atom. The van der Waals surface area contributed by atoms with Gasteiger partial charge in [-0.2, -0.15) is 0 Å². The molecule has 0 spiro atoms. The molecule has 0 radical (unpaired) electrons. The molecule has 3 rings (SSSR count). The molecule has 1 saturated heterocycles. The molecule has 0 bridgehead atoms. The van der Waals surface area contributed by atoms with E-state index in [-0.39, 0.29) is 0 Å². The minimum atomic E-state index is 0.605. The minimum Gasteiger partial charge on any atom is -0.352 e. The van der Waals surface area contributed by atoms with Gasteiger partial charge in [-0.25, -0.2) is 9.97 Å². The summed E-state index contributed by atoms with van der Waals surface area (Å²) in [6.45, 7) is 5.45. The van der Waals surface area contributed by atoms with Crippen molar-refractivity contribution in [1.82, 2.24) is 15.3 Å². The first-order valence-corrected chi connectivity index (χ1v) is 7.70. The fourth-order valence-electron chi connectivity index (χ4n) is 3.39. The van der Waals surface area contributed by atoms with Gasteiger partial charge in [-0.3, -0.25) is 0 Å². The zero-order valence-corrected chi connectivity index (χ0v) is 11.9. The van der Waals surface area contributed by atoms with E-state index in [1.807, 2.05) is 0 Å². The van der Waals surface area contributed by atoms with Crippen LogP contribution in [0.25, 0.3) is 0 Å². The summed E-state index contributed by atoms with van der Waals surface area (Å²) < 4.78 is 0. The number of rotatable bonds is 4. The molecule has 0 saturated carbocycles.